The molecule has 2 bridgehead atoms. The number of nitrogens with one attached hydrogen (secondary N) is 1. The van der Waals surface area contributed by atoms with Gasteiger partial charge in [0.1, 0.15) is 5.75 Å². The van der Waals surface area contributed by atoms with E-state index in [9.17, 15) is 4.79 Å². The maximum Gasteiger partial charge on any atom is 0.251 e. The lowest BCUT2D eigenvalue weighted by molar-refractivity contribution is 0.0924. The van der Waals surface area contributed by atoms with Crippen LogP contribution in [0.25, 0.3) is 0 Å². The molecule has 3 unspecified atom stereocenters. The van der Waals surface area contributed by atoms with Gasteiger partial charge in [0.15, 0.2) is 0 Å². The van der Waals surface area contributed by atoms with Gasteiger partial charge in [-0.1, -0.05) is 11.8 Å². The van der Waals surface area contributed by atoms with Gasteiger partial charge in [-0.2, -0.15) is 0 Å². The Morgan fingerprint density at radius 3 is 2.32 bits per heavy atom. The average Bonchev–Trinajstić information content (AvgIpc) is 3.26. The summed E-state index contributed by atoms with van der Waals surface area (Å²) in [6, 6.07) is 16.1. The molecule has 1 N–H and O–H groups in total. The highest BCUT2D eigenvalue weighted by Gasteiger charge is 2.38. The van der Waals surface area contributed by atoms with Gasteiger partial charge in [-0.3, -0.25) is 4.79 Å². The molecule has 3 atom stereocenters. The number of piperidine rings is 1. The van der Waals surface area contributed by atoms with Gasteiger partial charge in [0.05, 0.1) is 7.11 Å². The summed E-state index contributed by atoms with van der Waals surface area (Å²) in [6.07, 6.45) is 1.21. The number of carbonyl (C=O) groups is 1. The van der Waals surface area contributed by atoms with Crippen LogP contribution < -0.4 is 10.1 Å². The molecule has 2 aromatic carbocycles. The van der Waals surface area contributed by atoms with Gasteiger partial charge >= 0.3 is 0 Å². The molecule has 2 fully saturated rings. The van der Waals surface area contributed by atoms with Gasteiger partial charge in [-0.15, -0.1) is 0 Å². The summed E-state index contributed by atoms with van der Waals surface area (Å²) in [6.45, 7) is 3.33. The van der Waals surface area contributed by atoms with E-state index in [-0.39, 0.29) is 5.91 Å². The first-order valence-electron chi connectivity index (χ1n) is 8.66. The monoisotopic (exact) mass is 354 g/mol. The third kappa shape index (κ3) is 3.67. The Morgan fingerprint density at radius 1 is 1.08 bits per heavy atom. The van der Waals surface area contributed by atoms with Crippen molar-refractivity contribution in [2.75, 3.05) is 26.7 Å². The van der Waals surface area contributed by atoms with E-state index in [0.29, 0.717) is 12.0 Å². The first-order valence-corrected chi connectivity index (χ1v) is 9.48. The molecule has 1 amide bonds. The highest BCUT2D eigenvalue weighted by atomic mass is 32.2. The molecule has 130 valence electrons. The summed E-state index contributed by atoms with van der Waals surface area (Å²) in [5.41, 5.74) is 0.733. The third-order valence-corrected chi connectivity index (χ3v) is 6.08. The van der Waals surface area contributed by atoms with Gasteiger partial charge in [-0.05, 0) is 67.4 Å². The topological polar surface area (TPSA) is 41.6 Å². The lowest BCUT2D eigenvalue weighted by atomic mass is 9.99. The summed E-state index contributed by atoms with van der Waals surface area (Å²) in [7, 11) is 1.67. The summed E-state index contributed by atoms with van der Waals surface area (Å²) in [5.74, 6) is 1.53. The Bertz CT molecular complexity index is 745. The van der Waals surface area contributed by atoms with Crippen LogP contribution in [0.15, 0.2) is 58.3 Å². The molecule has 2 heterocycles. The van der Waals surface area contributed by atoms with Crippen molar-refractivity contribution in [2.45, 2.75) is 22.3 Å². The number of amides is 1. The summed E-state index contributed by atoms with van der Waals surface area (Å²) >= 11 is 1.68. The number of nitrogens with zero attached hydrogens (tertiary/aromatic N) is 1. The minimum atomic E-state index is 0.0414. The maximum absolute atomic E-state index is 12.5. The van der Waals surface area contributed by atoms with E-state index in [1.54, 1.807) is 18.9 Å². The fourth-order valence-corrected chi connectivity index (χ4v) is 4.47. The van der Waals surface area contributed by atoms with Crippen LogP contribution in [-0.4, -0.2) is 43.6 Å². The van der Waals surface area contributed by atoms with Crippen LogP contribution in [0.3, 0.4) is 0 Å². The molecule has 2 aromatic rings. The molecule has 0 spiro atoms. The largest absolute Gasteiger partial charge is 0.497 e. The van der Waals surface area contributed by atoms with Gasteiger partial charge in [0.2, 0.25) is 0 Å². The van der Waals surface area contributed by atoms with Crippen molar-refractivity contribution >= 4 is 17.7 Å². The van der Waals surface area contributed by atoms with E-state index in [1.807, 2.05) is 48.5 Å². The van der Waals surface area contributed by atoms with Gasteiger partial charge in [0.25, 0.3) is 5.91 Å². The molecule has 4 nitrogen and oxygen atoms in total. The van der Waals surface area contributed by atoms with Gasteiger partial charge in [0, 0.05) is 34.5 Å². The summed E-state index contributed by atoms with van der Waals surface area (Å²) in [5, 5.41) is 3.21. The van der Waals surface area contributed by atoms with Crippen LogP contribution in [-0.2, 0) is 0 Å². The zero-order valence-electron chi connectivity index (χ0n) is 14.3. The number of fused-ring (bicyclic) bond motifs is 2. The van der Waals surface area contributed by atoms with E-state index < -0.39 is 0 Å². The number of carbonyl (C=O) groups excluding carboxylic acids is 1. The number of methoxy groups -OCH3 is 1. The van der Waals surface area contributed by atoms with Crippen molar-refractivity contribution in [2.24, 2.45) is 5.92 Å². The Hall–Kier alpha value is -1.98. The number of rotatable bonds is 5. The highest BCUT2D eigenvalue weighted by molar-refractivity contribution is 7.99. The quantitative estimate of drug-likeness (QED) is 0.895. The molecule has 4 rings (SSSR count). The molecular weight excluding hydrogens is 332 g/mol. The maximum atomic E-state index is 12.5. The number of benzene rings is 2. The number of hydrogen-bond donors (Lipinski definition) is 1. The normalized spacial score (nSPS) is 24.3. The molecular formula is C20H22N2O2S. The fourth-order valence-electron chi connectivity index (χ4n) is 3.65. The van der Waals surface area contributed by atoms with Crippen molar-refractivity contribution in [3.8, 4) is 5.75 Å². The smallest absolute Gasteiger partial charge is 0.251 e. The Balaban J connectivity index is 1.36. The minimum Gasteiger partial charge on any atom is -0.497 e. The second kappa shape index (κ2) is 7.10. The molecule has 2 saturated heterocycles. The zero-order chi connectivity index (χ0) is 17.2. The van der Waals surface area contributed by atoms with Crippen molar-refractivity contribution in [3.05, 3.63) is 54.1 Å². The van der Waals surface area contributed by atoms with E-state index in [2.05, 4.69) is 10.2 Å². The standard InChI is InChI=1S/C20H22N2O2S/c1-24-16-4-8-18(9-5-16)25-17-6-2-14(3-7-17)20(23)21-19-13-22-11-10-15(19)12-22/h2-9,15,19H,10-13H2,1H3,(H,21,23). The average molecular weight is 354 g/mol. The molecule has 0 aliphatic carbocycles. The minimum absolute atomic E-state index is 0.0414. The molecule has 0 aromatic heterocycles. The van der Waals surface area contributed by atoms with Crippen LogP contribution in [0.5, 0.6) is 5.75 Å². The molecule has 0 radical (unpaired) electrons. The lowest BCUT2D eigenvalue weighted by Crippen LogP contribution is -2.43. The molecule has 2 aliphatic rings. The van der Waals surface area contributed by atoms with Crippen LogP contribution in [0.2, 0.25) is 0 Å². The SMILES string of the molecule is COc1ccc(Sc2ccc(C(=O)NC3CN4CCC3C4)cc2)cc1. The van der Waals surface area contributed by atoms with Crippen LogP contribution in [0.4, 0.5) is 0 Å². The van der Waals surface area contributed by atoms with Crippen molar-refractivity contribution < 1.29 is 9.53 Å². The molecule has 5 heteroatoms. The summed E-state index contributed by atoms with van der Waals surface area (Å²) in [4.78, 5) is 17.2. The van der Waals surface area contributed by atoms with Gasteiger partial charge in [-0.25, -0.2) is 0 Å². The van der Waals surface area contributed by atoms with Crippen molar-refractivity contribution in [3.63, 3.8) is 0 Å². The second-order valence-corrected chi connectivity index (χ2v) is 7.84. The Morgan fingerprint density at radius 2 is 1.76 bits per heavy atom. The Kier molecular flexibility index (Phi) is 4.68. The number of hydrogen-bond acceptors (Lipinski definition) is 4. The van der Waals surface area contributed by atoms with Crippen LogP contribution in [0, 0.1) is 5.92 Å². The zero-order valence-corrected chi connectivity index (χ0v) is 15.1. The predicted molar refractivity (Wildman–Crippen MR) is 99.4 cm³/mol. The van der Waals surface area contributed by atoms with Gasteiger partial charge < -0.3 is 15.0 Å². The molecule has 2 aliphatic heterocycles. The predicted octanol–water partition coefficient (Wildman–Crippen LogP) is 3.28. The van der Waals surface area contributed by atoms with Crippen LogP contribution >= 0.6 is 11.8 Å². The van der Waals surface area contributed by atoms with E-state index >= 15 is 0 Å². The second-order valence-electron chi connectivity index (χ2n) is 6.69. The van der Waals surface area contributed by atoms with Crippen LogP contribution in [0.1, 0.15) is 16.8 Å². The molecule has 0 saturated carbocycles. The first kappa shape index (κ1) is 16.5. The lowest BCUT2D eigenvalue weighted by Gasteiger charge is -2.23. The Labute approximate surface area is 152 Å². The first-order chi connectivity index (χ1) is 12.2. The van der Waals surface area contributed by atoms with E-state index in [1.165, 1.54) is 13.0 Å². The van der Waals surface area contributed by atoms with E-state index in [0.717, 1.165) is 34.2 Å². The number of ether oxygens (including phenoxy) is 1. The summed E-state index contributed by atoms with van der Waals surface area (Å²) < 4.78 is 5.18. The molecule has 25 heavy (non-hydrogen) atoms. The highest BCUT2D eigenvalue weighted by Crippen LogP contribution is 2.30. The van der Waals surface area contributed by atoms with E-state index in [4.69, 9.17) is 4.74 Å². The van der Waals surface area contributed by atoms with Crippen molar-refractivity contribution in [1.82, 2.24) is 10.2 Å². The van der Waals surface area contributed by atoms with Crippen molar-refractivity contribution in [1.29, 1.82) is 0 Å². The third-order valence-electron chi connectivity index (χ3n) is 5.06. The fraction of sp³-hybridized carbons (Fsp3) is 0.350.